The molecule has 120 valence electrons. The van der Waals surface area contributed by atoms with Gasteiger partial charge in [0.05, 0.1) is 0 Å². The first-order valence-electron chi connectivity index (χ1n) is 7.84. The molecule has 0 heterocycles. The van der Waals surface area contributed by atoms with Crippen LogP contribution in [0, 0.1) is 17.8 Å². The first kappa shape index (κ1) is 17.7. The van der Waals surface area contributed by atoms with Crippen molar-refractivity contribution < 1.29 is 19.4 Å². The normalized spacial score (nSPS) is 23.5. The third kappa shape index (κ3) is 6.32. The average Bonchev–Trinajstić information content (AvgIpc) is 2.35. The summed E-state index contributed by atoms with van der Waals surface area (Å²) in [5.74, 6) is 0.159. The summed E-state index contributed by atoms with van der Waals surface area (Å²) >= 11 is 0. The predicted molar refractivity (Wildman–Crippen MR) is 81.8 cm³/mol. The van der Waals surface area contributed by atoms with Gasteiger partial charge >= 0.3 is 11.9 Å². The summed E-state index contributed by atoms with van der Waals surface area (Å²) < 4.78 is 5.45. The molecule has 1 N–H and O–H groups in total. The van der Waals surface area contributed by atoms with Crippen LogP contribution in [0.2, 0.25) is 0 Å². The van der Waals surface area contributed by atoms with Gasteiger partial charge < -0.3 is 9.84 Å². The van der Waals surface area contributed by atoms with Crippen LogP contribution in [0.3, 0.4) is 0 Å². The van der Waals surface area contributed by atoms with E-state index in [2.05, 4.69) is 13.8 Å². The van der Waals surface area contributed by atoms with Gasteiger partial charge in [0, 0.05) is 12.2 Å². The molecule has 0 bridgehead atoms. The van der Waals surface area contributed by atoms with E-state index in [-0.39, 0.29) is 0 Å². The second-order valence-corrected chi connectivity index (χ2v) is 7.04. The van der Waals surface area contributed by atoms with Gasteiger partial charge in [-0.3, -0.25) is 0 Å². The number of carboxylic acid groups (broad SMARTS) is 1. The maximum absolute atomic E-state index is 11.6. The van der Waals surface area contributed by atoms with Crippen LogP contribution in [0.4, 0.5) is 0 Å². The van der Waals surface area contributed by atoms with Gasteiger partial charge in [0.1, 0.15) is 5.60 Å². The first-order valence-corrected chi connectivity index (χ1v) is 7.84. The van der Waals surface area contributed by atoms with Crippen molar-refractivity contribution in [2.75, 3.05) is 0 Å². The molecular formula is C17H28O4. The Labute approximate surface area is 127 Å². The van der Waals surface area contributed by atoms with Crippen LogP contribution < -0.4 is 0 Å². The third-order valence-corrected chi connectivity index (χ3v) is 4.36. The molecule has 1 aliphatic carbocycles. The quantitative estimate of drug-likeness (QED) is 0.598. The highest BCUT2D eigenvalue weighted by Crippen LogP contribution is 2.39. The van der Waals surface area contributed by atoms with Crippen LogP contribution >= 0.6 is 0 Å². The van der Waals surface area contributed by atoms with E-state index in [1.54, 1.807) is 0 Å². The average molecular weight is 296 g/mol. The third-order valence-electron chi connectivity index (χ3n) is 4.36. The Balaban J connectivity index is 2.49. The minimum Gasteiger partial charge on any atom is -0.478 e. The molecule has 4 nitrogen and oxygen atoms in total. The van der Waals surface area contributed by atoms with E-state index in [1.807, 2.05) is 13.8 Å². The van der Waals surface area contributed by atoms with Crippen LogP contribution in [-0.2, 0) is 14.3 Å². The molecule has 0 amide bonds. The molecule has 0 aliphatic heterocycles. The Bertz CT molecular complexity index is 388. The number of carboxylic acids is 1. The number of hydrogen-bond donors (Lipinski definition) is 1. The molecule has 0 aromatic heterocycles. The van der Waals surface area contributed by atoms with Gasteiger partial charge in [-0.1, -0.05) is 26.7 Å². The van der Waals surface area contributed by atoms with Gasteiger partial charge in [0.15, 0.2) is 0 Å². The highest BCUT2D eigenvalue weighted by Gasteiger charge is 2.35. The summed E-state index contributed by atoms with van der Waals surface area (Å²) in [7, 11) is 0. The van der Waals surface area contributed by atoms with Crippen molar-refractivity contribution in [2.24, 2.45) is 17.8 Å². The summed E-state index contributed by atoms with van der Waals surface area (Å²) in [6.45, 7) is 8.36. The smallest absolute Gasteiger partial charge is 0.331 e. The van der Waals surface area contributed by atoms with Crippen molar-refractivity contribution in [3.8, 4) is 0 Å². The second-order valence-electron chi connectivity index (χ2n) is 7.04. The Kier molecular flexibility index (Phi) is 6.43. The Hall–Kier alpha value is -1.32. The van der Waals surface area contributed by atoms with Crippen LogP contribution in [0.5, 0.6) is 0 Å². The summed E-state index contributed by atoms with van der Waals surface area (Å²) in [5, 5.41) is 8.52. The van der Waals surface area contributed by atoms with E-state index < -0.39 is 17.5 Å². The minimum absolute atomic E-state index is 0.350. The van der Waals surface area contributed by atoms with Crippen LogP contribution in [-0.4, -0.2) is 22.6 Å². The number of ether oxygens (including phenoxy) is 1. The van der Waals surface area contributed by atoms with Crippen molar-refractivity contribution in [2.45, 2.75) is 65.4 Å². The molecule has 0 spiro atoms. The molecule has 0 unspecified atom stereocenters. The van der Waals surface area contributed by atoms with Crippen LogP contribution in [0.1, 0.15) is 59.8 Å². The maximum Gasteiger partial charge on any atom is 0.331 e. The number of esters is 1. The maximum atomic E-state index is 11.6. The van der Waals surface area contributed by atoms with Gasteiger partial charge in [-0.05, 0) is 50.9 Å². The summed E-state index contributed by atoms with van der Waals surface area (Å²) in [4.78, 5) is 22.0. The number of rotatable bonds is 6. The monoisotopic (exact) mass is 296 g/mol. The zero-order chi connectivity index (χ0) is 16.0. The van der Waals surface area contributed by atoms with Crippen LogP contribution in [0.25, 0.3) is 0 Å². The van der Waals surface area contributed by atoms with E-state index in [0.717, 1.165) is 36.8 Å². The molecular weight excluding hydrogens is 268 g/mol. The number of carbonyl (C=O) groups excluding carboxylic acids is 1. The molecule has 1 fully saturated rings. The Morgan fingerprint density at radius 1 is 1.19 bits per heavy atom. The highest BCUT2D eigenvalue weighted by atomic mass is 16.6. The zero-order valence-electron chi connectivity index (χ0n) is 13.6. The fourth-order valence-corrected chi connectivity index (χ4v) is 3.28. The fraction of sp³-hybridized carbons (Fsp3) is 0.765. The lowest BCUT2D eigenvalue weighted by molar-refractivity contribution is -0.157. The lowest BCUT2D eigenvalue weighted by Crippen LogP contribution is -2.38. The highest BCUT2D eigenvalue weighted by molar-refractivity contribution is 5.90. The number of carbonyl (C=O) groups is 2. The largest absolute Gasteiger partial charge is 0.478 e. The molecule has 4 heteroatoms. The molecule has 1 aliphatic rings. The van der Waals surface area contributed by atoms with Crippen molar-refractivity contribution >= 4 is 11.9 Å². The van der Waals surface area contributed by atoms with E-state index >= 15 is 0 Å². The molecule has 1 rings (SSSR count). The molecule has 1 saturated carbocycles. The predicted octanol–water partition coefficient (Wildman–Crippen LogP) is 3.80. The number of hydrogen-bond acceptors (Lipinski definition) is 3. The fourth-order valence-electron chi connectivity index (χ4n) is 3.28. The van der Waals surface area contributed by atoms with E-state index in [1.165, 1.54) is 19.3 Å². The van der Waals surface area contributed by atoms with Crippen molar-refractivity contribution in [3.63, 3.8) is 0 Å². The van der Waals surface area contributed by atoms with E-state index in [0.29, 0.717) is 5.92 Å². The van der Waals surface area contributed by atoms with Crippen LogP contribution in [0.15, 0.2) is 12.2 Å². The van der Waals surface area contributed by atoms with Gasteiger partial charge in [-0.15, -0.1) is 0 Å². The van der Waals surface area contributed by atoms with Gasteiger partial charge in [-0.25, -0.2) is 9.59 Å². The van der Waals surface area contributed by atoms with Gasteiger partial charge in [0.25, 0.3) is 0 Å². The number of aliphatic carboxylic acids is 1. The zero-order valence-corrected chi connectivity index (χ0v) is 13.6. The summed E-state index contributed by atoms with van der Waals surface area (Å²) in [5.41, 5.74) is -0.539. The summed E-state index contributed by atoms with van der Waals surface area (Å²) in [6.07, 6.45) is 7.59. The molecule has 0 saturated heterocycles. The van der Waals surface area contributed by atoms with Crippen molar-refractivity contribution in [1.29, 1.82) is 0 Å². The molecule has 0 aromatic carbocycles. The van der Waals surface area contributed by atoms with Gasteiger partial charge in [-0.2, -0.15) is 0 Å². The molecule has 0 aromatic rings. The first-order chi connectivity index (χ1) is 9.70. The second kappa shape index (κ2) is 7.62. The van der Waals surface area contributed by atoms with Crippen molar-refractivity contribution in [1.82, 2.24) is 0 Å². The minimum atomic E-state index is -1.14. The van der Waals surface area contributed by atoms with Gasteiger partial charge in [0.2, 0.25) is 0 Å². The lowest BCUT2D eigenvalue weighted by Gasteiger charge is -2.38. The SMILES string of the molecule is CC(C)CC1CCC(C(C)(C)OC(=O)/C=C/C(=O)O)CC1. The van der Waals surface area contributed by atoms with E-state index in [9.17, 15) is 9.59 Å². The molecule has 21 heavy (non-hydrogen) atoms. The van der Waals surface area contributed by atoms with Crippen molar-refractivity contribution in [3.05, 3.63) is 12.2 Å². The Morgan fingerprint density at radius 2 is 1.76 bits per heavy atom. The molecule has 0 radical (unpaired) electrons. The topological polar surface area (TPSA) is 63.6 Å². The Morgan fingerprint density at radius 3 is 2.24 bits per heavy atom. The van der Waals surface area contributed by atoms with E-state index in [4.69, 9.17) is 9.84 Å². The summed E-state index contributed by atoms with van der Waals surface area (Å²) in [6, 6.07) is 0. The lowest BCUT2D eigenvalue weighted by atomic mass is 9.73. The standard InChI is InChI=1S/C17H28O4/c1-12(2)11-13-5-7-14(8-6-13)17(3,4)21-16(20)10-9-15(18)19/h9-10,12-14H,5-8,11H2,1-4H3,(H,18,19)/b10-9+. The molecule has 0 atom stereocenters.